The molecule has 0 aliphatic rings. The summed E-state index contributed by atoms with van der Waals surface area (Å²) in [5.74, 6) is -0.817. The molecule has 2 heterocycles. The molecule has 2 aromatic rings. The zero-order valence-electron chi connectivity index (χ0n) is 12.1. The lowest BCUT2D eigenvalue weighted by Crippen LogP contribution is -2.27. The van der Waals surface area contributed by atoms with Gasteiger partial charge in [0.25, 0.3) is 5.56 Å². The molecule has 0 aromatic carbocycles. The molecule has 8 nitrogen and oxygen atoms in total. The number of amides is 1. The fourth-order valence-corrected chi connectivity index (χ4v) is 1.97. The summed E-state index contributed by atoms with van der Waals surface area (Å²) in [6, 6.07) is 2.81. The van der Waals surface area contributed by atoms with Gasteiger partial charge in [0.05, 0.1) is 0 Å². The van der Waals surface area contributed by atoms with Gasteiger partial charge in [-0.2, -0.15) is 0 Å². The van der Waals surface area contributed by atoms with Crippen LogP contribution in [-0.2, 0) is 11.3 Å². The van der Waals surface area contributed by atoms with Crippen LogP contribution in [0.15, 0.2) is 48.1 Å². The predicted octanol–water partition coefficient (Wildman–Crippen LogP) is 0.458. The highest BCUT2D eigenvalue weighted by atomic mass is 16.3. The van der Waals surface area contributed by atoms with E-state index in [2.05, 4.69) is 16.5 Å². The molecular formula is C15H15N5O3. The molecule has 0 atom stereocenters. The van der Waals surface area contributed by atoms with Crippen LogP contribution >= 0.6 is 0 Å². The molecule has 0 radical (unpaired) electrons. The van der Waals surface area contributed by atoms with Gasteiger partial charge in [0, 0.05) is 29.6 Å². The molecule has 23 heavy (non-hydrogen) atoms. The normalized spacial score (nSPS) is 11.2. The van der Waals surface area contributed by atoms with Crippen LogP contribution in [0.3, 0.4) is 0 Å². The summed E-state index contributed by atoms with van der Waals surface area (Å²) in [6.07, 6.45) is 5.60. The Kier molecular flexibility index (Phi) is 4.55. The topological polar surface area (TPSA) is 137 Å². The van der Waals surface area contributed by atoms with Crippen molar-refractivity contribution in [3.05, 3.63) is 59.3 Å². The van der Waals surface area contributed by atoms with Gasteiger partial charge in [-0.3, -0.25) is 9.59 Å². The van der Waals surface area contributed by atoms with Crippen LogP contribution in [0.1, 0.15) is 5.69 Å². The van der Waals surface area contributed by atoms with Crippen molar-refractivity contribution >= 4 is 17.6 Å². The molecule has 5 N–H and O–H groups in total. The van der Waals surface area contributed by atoms with E-state index in [0.717, 1.165) is 4.57 Å². The van der Waals surface area contributed by atoms with Gasteiger partial charge >= 0.3 is 0 Å². The number of carbonyl (C=O) groups excluding carboxylic acids is 1. The average molecular weight is 313 g/mol. The van der Waals surface area contributed by atoms with Gasteiger partial charge in [0.2, 0.25) is 11.9 Å². The van der Waals surface area contributed by atoms with Crippen molar-refractivity contribution in [3.63, 3.8) is 0 Å². The number of allylic oxidation sites excluding steroid dienone is 2. The SMILES string of the molecule is C=C/C=C(\O)c1nc(N)ncc1-c1ccc(=O)n(CC(N)=O)c1. The maximum absolute atomic E-state index is 11.7. The number of rotatable bonds is 5. The Bertz CT molecular complexity index is 854. The Morgan fingerprint density at radius 3 is 2.83 bits per heavy atom. The molecule has 1 amide bonds. The Morgan fingerprint density at radius 2 is 2.17 bits per heavy atom. The molecule has 0 aliphatic carbocycles. The summed E-state index contributed by atoms with van der Waals surface area (Å²) < 4.78 is 1.16. The number of pyridine rings is 1. The third kappa shape index (κ3) is 3.62. The number of nitrogens with zero attached hydrogens (tertiary/aromatic N) is 3. The molecule has 0 unspecified atom stereocenters. The summed E-state index contributed by atoms with van der Waals surface area (Å²) in [7, 11) is 0. The van der Waals surface area contributed by atoms with Crippen molar-refractivity contribution in [1.29, 1.82) is 0 Å². The predicted molar refractivity (Wildman–Crippen MR) is 86.1 cm³/mol. The van der Waals surface area contributed by atoms with E-state index >= 15 is 0 Å². The summed E-state index contributed by atoms with van der Waals surface area (Å²) in [5, 5.41) is 10.1. The molecular weight excluding hydrogens is 298 g/mol. The maximum Gasteiger partial charge on any atom is 0.251 e. The van der Waals surface area contributed by atoms with Gasteiger partial charge in [-0.15, -0.1) is 0 Å². The van der Waals surface area contributed by atoms with E-state index in [1.54, 1.807) is 0 Å². The maximum atomic E-state index is 11.7. The number of anilines is 1. The fourth-order valence-electron chi connectivity index (χ4n) is 1.97. The largest absolute Gasteiger partial charge is 0.506 e. The lowest BCUT2D eigenvalue weighted by molar-refractivity contribution is -0.118. The Hall–Kier alpha value is -3.42. The summed E-state index contributed by atoms with van der Waals surface area (Å²) >= 11 is 0. The second kappa shape index (κ2) is 6.56. The lowest BCUT2D eigenvalue weighted by atomic mass is 10.1. The Morgan fingerprint density at radius 1 is 1.43 bits per heavy atom. The third-order valence-electron chi connectivity index (χ3n) is 2.95. The van der Waals surface area contributed by atoms with Gasteiger partial charge in [0.1, 0.15) is 18.0 Å². The van der Waals surface area contributed by atoms with Gasteiger partial charge in [-0.05, 0) is 12.1 Å². The van der Waals surface area contributed by atoms with Gasteiger partial charge in [0.15, 0.2) is 0 Å². The fraction of sp³-hybridized carbons (Fsp3) is 0.0667. The van der Waals surface area contributed by atoms with E-state index in [9.17, 15) is 14.7 Å². The molecule has 2 aromatic heterocycles. The first-order valence-electron chi connectivity index (χ1n) is 6.56. The number of aliphatic hydroxyl groups is 1. The van der Waals surface area contributed by atoms with Crippen molar-refractivity contribution in [2.75, 3.05) is 5.73 Å². The van der Waals surface area contributed by atoms with E-state index in [1.165, 1.54) is 36.7 Å². The van der Waals surface area contributed by atoms with E-state index in [0.29, 0.717) is 11.1 Å². The minimum atomic E-state index is -0.646. The standard InChI is InChI=1S/C15H15N5O3/c1-2-3-11(21)14-10(6-18-15(17)19-14)9-4-5-13(23)20(7-9)8-12(16)22/h2-7,21H,1,8H2,(H2,16,22)(H2,17,18,19)/b11-3-. The molecule has 0 saturated carbocycles. The quantitative estimate of drug-likeness (QED) is 0.541. The first-order chi connectivity index (χ1) is 10.9. The van der Waals surface area contributed by atoms with Crippen LogP contribution in [0.25, 0.3) is 16.9 Å². The van der Waals surface area contributed by atoms with Crippen molar-refractivity contribution in [2.24, 2.45) is 5.73 Å². The monoisotopic (exact) mass is 313 g/mol. The first-order valence-corrected chi connectivity index (χ1v) is 6.56. The van der Waals surface area contributed by atoms with E-state index < -0.39 is 5.91 Å². The second-order valence-electron chi connectivity index (χ2n) is 4.63. The van der Waals surface area contributed by atoms with Crippen LogP contribution in [0.2, 0.25) is 0 Å². The average Bonchev–Trinajstić information content (AvgIpc) is 2.49. The van der Waals surface area contributed by atoms with Crippen LogP contribution < -0.4 is 17.0 Å². The van der Waals surface area contributed by atoms with Gasteiger partial charge in [-0.1, -0.05) is 12.7 Å². The van der Waals surface area contributed by atoms with Crippen LogP contribution in [0.4, 0.5) is 5.95 Å². The minimum absolute atomic E-state index is 0.0155. The number of carbonyl (C=O) groups is 1. The van der Waals surface area contributed by atoms with E-state index in [4.69, 9.17) is 11.5 Å². The molecule has 0 saturated heterocycles. The molecule has 118 valence electrons. The molecule has 8 heteroatoms. The van der Waals surface area contributed by atoms with Crippen molar-refractivity contribution in [3.8, 4) is 11.1 Å². The van der Waals surface area contributed by atoms with Crippen molar-refractivity contribution < 1.29 is 9.90 Å². The van der Waals surface area contributed by atoms with Crippen LogP contribution in [-0.4, -0.2) is 25.5 Å². The molecule has 2 rings (SSSR count). The van der Waals surface area contributed by atoms with Crippen molar-refractivity contribution in [1.82, 2.24) is 14.5 Å². The Labute approximate surface area is 131 Å². The van der Waals surface area contributed by atoms with E-state index in [1.807, 2.05) is 0 Å². The van der Waals surface area contributed by atoms with Gasteiger partial charge in [-0.25, -0.2) is 9.97 Å². The van der Waals surface area contributed by atoms with Crippen LogP contribution in [0, 0.1) is 0 Å². The summed E-state index contributed by atoms with van der Waals surface area (Å²) in [4.78, 5) is 30.7. The summed E-state index contributed by atoms with van der Waals surface area (Å²) in [5.41, 5.74) is 11.4. The smallest absolute Gasteiger partial charge is 0.251 e. The number of aromatic nitrogens is 3. The number of nitrogen functional groups attached to an aromatic ring is 1. The number of nitrogens with two attached hydrogens (primary N) is 2. The summed E-state index contributed by atoms with van der Waals surface area (Å²) in [6.45, 7) is 3.24. The zero-order chi connectivity index (χ0) is 17.0. The Balaban J connectivity index is 2.63. The number of aliphatic hydroxyl groups excluding tert-OH is 1. The lowest BCUT2D eigenvalue weighted by Gasteiger charge is -2.10. The highest BCUT2D eigenvalue weighted by Gasteiger charge is 2.13. The minimum Gasteiger partial charge on any atom is -0.506 e. The second-order valence-corrected chi connectivity index (χ2v) is 4.63. The third-order valence-corrected chi connectivity index (χ3v) is 2.95. The number of hydrogen-bond donors (Lipinski definition) is 3. The van der Waals surface area contributed by atoms with Gasteiger partial charge < -0.3 is 21.1 Å². The zero-order valence-corrected chi connectivity index (χ0v) is 12.1. The highest BCUT2D eigenvalue weighted by Crippen LogP contribution is 2.25. The van der Waals surface area contributed by atoms with E-state index in [-0.39, 0.29) is 29.5 Å². The first kappa shape index (κ1) is 16.0. The van der Waals surface area contributed by atoms with Crippen LogP contribution in [0.5, 0.6) is 0 Å². The number of primary amides is 1. The molecule has 0 spiro atoms. The van der Waals surface area contributed by atoms with Crippen molar-refractivity contribution in [2.45, 2.75) is 6.54 Å². The molecule has 0 bridgehead atoms. The highest BCUT2D eigenvalue weighted by molar-refractivity contribution is 5.77. The number of hydrogen-bond acceptors (Lipinski definition) is 6. The molecule has 0 aliphatic heterocycles. The molecule has 0 fully saturated rings.